The van der Waals surface area contributed by atoms with Gasteiger partial charge in [0.25, 0.3) is 0 Å². The Morgan fingerprint density at radius 3 is 2.61 bits per heavy atom. The highest BCUT2D eigenvalue weighted by molar-refractivity contribution is 6.30. The standard InChI is InChI=1S/C15H18ClN5O2/c16-11-4-2-10(3-5-11)8-18-14(22)19-9-12-20-13(21-23-12)15(17)6-1-7-15/h2-5H,1,6-9,17H2,(H2,18,19,22). The van der Waals surface area contributed by atoms with Gasteiger partial charge in [0.05, 0.1) is 12.1 Å². The fourth-order valence-electron chi connectivity index (χ4n) is 2.31. The van der Waals surface area contributed by atoms with Gasteiger partial charge in [-0.15, -0.1) is 0 Å². The summed E-state index contributed by atoms with van der Waals surface area (Å²) < 4.78 is 5.11. The molecule has 3 rings (SSSR count). The Morgan fingerprint density at radius 2 is 1.96 bits per heavy atom. The van der Waals surface area contributed by atoms with E-state index in [0.717, 1.165) is 24.8 Å². The summed E-state index contributed by atoms with van der Waals surface area (Å²) in [5.74, 6) is 0.862. The molecule has 0 atom stereocenters. The molecule has 1 saturated carbocycles. The number of carbonyl (C=O) groups excluding carboxylic acids is 1. The lowest BCUT2D eigenvalue weighted by Crippen LogP contribution is -2.44. The molecule has 1 fully saturated rings. The lowest BCUT2D eigenvalue weighted by molar-refractivity contribution is 0.228. The molecule has 2 amide bonds. The first-order chi connectivity index (χ1) is 11.0. The molecule has 1 aliphatic rings. The van der Waals surface area contributed by atoms with Crippen molar-refractivity contribution in [3.63, 3.8) is 0 Å². The summed E-state index contributed by atoms with van der Waals surface area (Å²) in [5.41, 5.74) is 6.62. The second kappa shape index (κ2) is 6.55. The highest BCUT2D eigenvalue weighted by Gasteiger charge is 2.38. The number of benzene rings is 1. The van der Waals surface area contributed by atoms with E-state index in [1.165, 1.54) is 0 Å². The van der Waals surface area contributed by atoms with Crippen molar-refractivity contribution < 1.29 is 9.32 Å². The Balaban J connectivity index is 1.44. The first kappa shape index (κ1) is 15.8. The molecular weight excluding hydrogens is 318 g/mol. The number of nitrogens with two attached hydrogens (primary N) is 1. The molecule has 7 nitrogen and oxygen atoms in total. The van der Waals surface area contributed by atoms with Gasteiger partial charge in [0.2, 0.25) is 5.89 Å². The van der Waals surface area contributed by atoms with Crippen LogP contribution in [0.1, 0.15) is 36.5 Å². The van der Waals surface area contributed by atoms with E-state index in [2.05, 4.69) is 20.8 Å². The maximum absolute atomic E-state index is 11.8. The number of rotatable bonds is 5. The number of halogens is 1. The molecule has 122 valence electrons. The Kier molecular flexibility index (Phi) is 4.49. The Morgan fingerprint density at radius 1 is 1.26 bits per heavy atom. The SMILES string of the molecule is NC1(c2noc(CNC(=O)NCc3ccc(Cl)cc3)n2)CCC1. The quantitative estimate of drug-likeness (QED) is 0.775. The number of amides is 2. The first-order valence-corrected chi connectivity index (χ1v) is 7.81. The average molecular weight is 336 g/mol. The van der Waals surface area contributed by atoms with Crippen molar-refractivity contribution in [1.29, 1.82) is 0 Å². The summed E-state index contributed by atoms with van der Waals surface area (Å²) >= 11 is 5.81. The molecule has 4 N–H and O–H groups in total. The van der Waals surface area contributed by atoms with E-state index in [1.54, 1.807) is 12.1 Å². The first-order valence-electron chi connectivity index (χ1n) is 7.43. The molecule has 1 heterocycles. The molecule has 0 bridgehead atoms. The summed E-state index contributed by atoms with van der Waals surface area (Å²) in [6, 6.07) is 6.95. The summed E-state index contributed by atoms with van der Waals surface area (Å²) in [7, 11) is 0. The third-order valence-corrected chi connectivity index (χ3v) is 4.18. The van der Waals surface area contributed by atoms with Crippen LogP contribution >= 0.6 is 11.6 Å². The van der Waals surface area contributed by atoms with Gasteiger partial charge in [-0.05, 0) is 37.0 Å². The number of carbonyl (C=O) groups is 1. The topological polar surface area (TPSA) is 106 Å². The number of aromatic nitrogens is 2. The normalized spacial score (nSPS) is 15.7. The number of nitrogens with one attached hydrogen (secondary N) is 2. The molecule has 0 aliphatic heterocycles. The van der Waals surface area contributed by atoms with Crippen molar-refractivity contribution >= 4 is 17.6 Å². The third-order valence-electron chi connectivity index (χ3n) is 3.93. The monoisotopic (exact) mass is 335 g/mol. The summed E-state index contributed by atoms with van der Waals surface area (Å²) in [4.78, 5) is 16.0. The zero-order valence-electron chi connectivity index (χ0n) is 12.5. The summed E-state index contributed by atoms with van der Waals surface area (Å²) in [5, 5.41) is 9.96. The molecule has 1 aliphatic carbocycles. The zero-order valence-corrected chi connectivity index (χ0v) is 13.3. The van der Waals surface area contributed by atoms with Crippen LogP contribution in [-0.4, -0.2) is 16.2 Å². The van der Waals surface area contributed by atoms with E-state index in [-0.39, 0.29) is 12.6 Å². The Bertz CT molecular complexity index is 681. The molecule has 0 saturated heterocycles. The molecule has 2 aromatic rings. The highest BCUT2D eigenvalue weighted by atomic mass is 35.5. The van der Waals surface area contributed by atoms with Gasteiger partial charge < -0.3 is 20.9 Å². The third kappa shape index (κ3) is 3.80. The Hall–Kier alpha value is -2.12. The maximum atomic E-state index is 11.8. The van der Waals surface area contributed by atoms with Crippen LogP contribution < -0.4 is 16.4 Å². The largest absolute Gasteiger partial charge is 0.337 e. The predicted molar refractivity (Wildman–Crippen MR) is 84.5 cm³/mol. The van der Waals surface area contributed by atoms with Crippen LogP contribution in [0.2, 0.25) is 5.02 Å². The summed E-state index contributed by atoms with van der Waals surface area (Å²) in [6.07, 6.45) is 2.80. The van der Waals surface area contributed by atoms with E-state index in [0.29, 0.717) is 23.3 Å². The second-order valence-electron chi connectivity index (χ2n) is 5.68. The van der Waals surface area contributed by atoms with Crippen LogP contribution in [0.15, 0.2) is 28.8 Å². The average Bonchev–Trinajstić information content (AvgIpc) is 2.99. The smallest absolute Gasteiger partial charge is 0.315 e. The van der Waals surface area contributed by atoms with Gasteiger partial charge in [-0.25, -0.2) is 4.79 Å². The van der Waals surface area contributed by atoms with Crippen molar-refractivity contribution in [3.8, 4) is 0 Å². The van der Waals surface area contributed by atoms with Crippen molar-refractivity contribution in [2.75, 3.05) is 0 Å². The van der Waals surface area contributed by atoms with E-state index < -0.39 is 5.54 Å². The molecule has 0 radical (unpaired) electrons. The molecule has 0 unspecified atom stereocenters. The van der Waals surface area contributed by atoms with Gasteiger partial charge in [-0.2, -0.15) is 4.98 Å². The van der Waals surface area contributed by atoms with Gasteiger partial charge in [-0.3, -0.25) is 0 Å². The molecule has 0 spiro atoms. The van der Waals surface area contributed by atoms with Crippen molar-refractivity contribution in [2.45, 2.75) is 37.9 Å². The number of hydrogen-bond donors (Lipinski definition) is 3. The van der Waals surface area contributed by atoms with Crippen LogP contribution in [0.4, 0.5) is 4.79 Å². The van der Waals surface area contributed by atoms with Gasteiger partial charge in [0.15, 0.2) is 5.82 Å². The summed E-state index contributed by atoms with van der Waals surface area (Å²) in [6.45, 7) is 0.569. The van der Waals surface area contributed by atoms with E-state index >= 15 is 0 Å². The Labute approximate surface area is 138 Å². The number of urea groups is 1. The van der Waals surface area contributed by atoms with Gasteiger partial charge in [0.1, 0.15) is 0 Å². The minimum atomic E-state index is -0.460. The minimum absolute atomic E-state index is 0.162. The van der Waals surface area contributed by atoms with E-state index in [9.17, 15) is 4.79 Å². The number of hydrogen-bond acceptors (Lipinski definition) is 5. The second-order valence-corrected chi connectivity index (χ2v) is 6.12. The molecule has 1 aromatic heterocycles. The van der Waals surface area contributed by atoms with Crippen LogP contribution in [-0.2, 0) is 18.6 Å². The zero-order chi connectivity index (χ0) is 16.3. The number of nitrogens with zero attached hydrogens (tertiary/aromatic N) is 2. The fraction of sp³-hybridized carbons (Fsp3) is 0.400. The van der Waals surface area contributed by atoms with Crippen molar-refractivity contribution in [3.05, 3.63) is 46.6 Å². The highest BCUT2D eigenvalue weighted by Crippen LogP contribution is 2.36. The van der Waals surface area contributed by atoms with Gasteiger partial charge in [0, 0.05) is 11.6 Å². The molecule has 1 aromatic carbocycles. The van der Waals surface area contributed by atoms with Crippen LogP contribution in [0.5, 0.6) is 0 Å². The molecule has 23 heavy (non-hydrogen) atoms. The van der Waals surface area contributed by atoms with Gasteiger partial charge in [-0.1, -0.05) is 28.9 Å². The van der Waals surface area contributed by atoms with E-state index in [1.807, 2.05) is 12.1 Å². The van der Waals surface area contributed by atoms with Crippen LogP contribution in [0.25, 0.3) is 0 Å². The molecular formula is C15H18ClN5O2. The van der Waals surface area contributed by atoms with Crippen LogP contribution in [0.3, 0.4) is 0 Å². The van der Waals surface area contributed by atoms with Gasteiger partial charge >= 0.3 is 6.03 Å². The van der Waals surface area contributed by atoms with Crippen molar-refractivity contribution in [2.24, 2.45) is 5.73 Å². The van der Waals surface area contributed by atoms with E-state index in [4.69, 9.17) is 21.9 Å². The predicted octanol–water partition coefficient (Wildman–Crippen LogP) is 2.06. The van der Waals surface area contributed by atoms with Crippen molar-refractivity contribution in [1.82, 2.24) is 20.8 Å². The lowest BCUT2D eigenvalue weighted by atomic mass is 9.77. The minimum Gasteiger partial charge on any atom is -0.337 e. The fourth-order valence-corrected chi connectivity index (χ4v) is 2.44. The van der Waals surface area contributed by atoms with Crippen LogP contribution in [0, 0.1) is 0 Å². The lowest BCUT2D eigenvalue weighted by Gasteiger charge is -2.34. The maximum Gasteiger partial charge on any atom is 0.315 e. The molecule has 8 heteroatoms.